The maximum atomic E-state index is 5.96. The van der Waals surface area contributed by atoms with Crippen molar-refractivity contribution in [3.63, 3.8) is 0 Å². The quantitative estimate of drug-likeness (QED) is 0.527. The van der Waals surface area contributed by atoms with Crippen LogP contribution < -0.4 is 5.32 Å². The summed E-state index contributed by atoms with van der Waals surface area (Å²) in [5, 5.41) is 4.01. The summed E-state index contributed by atoms with van der Waals surface area (Å²) < 4.78 is 7.17. The standard InChI is InChI=1S/C10H13BrClN3O.C4HBr2ClN2/c11-8-6-14-10(9(12)15-8)13-5-7-1-3-16-4-2-7;5-2-1-8-4(7)3(6)9-2/h6-7H,1-5H2,(H,13,14);1H. The number of nitrogens with zero attached hydrogens (tertiary/aromatic N) is 4. The Balaban J connectivity index is 0.000000212. The van der Waals surface area contributed by atoms with E-state index in [1.54, 1.807) is 6.20 Å². The smallest absolute Gasteiger partial charge is 0.172 e. The van der Waals surface area contributed by atoms with Gasteiger partial charge < -0.3 is 10.1 Å². The first-order valence-electron chi connectivity index (χ1n) is 7.29. The second-order valence-electron chi connectivity index (χ2n) is 5.04. The van der Waals surface area contributed by atoms with E-state index in [4.69, 9.17) is 27.9 Å². The van der Waals surface area contributed by atoms with Crippen LogP contribution in [-0.2, 0) is 4.74 Å². The van der Waals surface area contributed by atoms with Gasteiger partial charge in [-0.25, -0.2) is 19.9 Å². The number of anilines is 1. The van der Waals surface area contributed by atoms with Crippen LogP contribution in [0.25, 0.3) is 0 Å². The van der Waals surface area contributed by atoms with Crippen LogP contribution >= 0.6 is 71.0 Å². The lowest BCUT2D eigenvalue weighted by Crippen LogP contribution is -2.23. The fourth-order valence-corrected chi connectivity index (χ4v) is 3.48. The molecular formula is C14H14Br3Cl2N5O. The number of hydrogen-bond donors (Lipinski definition) is 1. The number of halogens is 5. The molecule has 0 bridgehead atoms. The molecule has 0 atom stereocenters. The minimum absolute atomic E-state index is 0.373. The molecule has 11 heteroatoms. The molecule has 2 aromatic heterocycles. The third-order valence-corrected chi connectivity index (χ3v) is 5.34. The highest BCUT2D eigenvalue weighted by Gasteiger charge is 2.14. The molecule has 0 aromatic carbocycles. The maximum absolute atomic E-state index is 5.96. The first-order valence-corrected chi connectivity index (χ1v) is 10.4. The summed E-state index contributed by atoms with van der Waals surface area (Å²) in [6, 6.07) is 0. The minimum atomic E-state index is 0.373. The summed E-state index contributed by atoms with van der Waals surface area (Å²) in [6.45, 7) is 2.58. The van der Waals surface area contributed by atoms with E-state index in [-0.39, 0.29) is 0 Å². The monoisotopic (exact) mass is 575 g/mol. The van der Waals surface area contributed by atoms with Gasteiger partial charge in [-0.2, -0.15) is 0 Å². The van der Waals surface area contributed by atoms with Crippen LogP contribution in [0.15, 0.2) is 26.2 Å². The van der Waals surface area contributed by atoms with Crippen molar-refractivity contribution >= 4 is 76.8 Å². The Hall–Kier alpha value is -0.0600. The lowest BCUT2D eigenvalue weighted by atomic mass is 10.0. The Morgan fingerprint density at radius 3 is 2.24 bits per heavy atom. The number of nitrogens with one attached hydrogen (secondary N) is 1. The summed E-state index contributed by atoms with van der Waals surface area (Å²) in [5.41, 5.74) is 0. The van der Waals surface area contributed by atoms with Gasteiger partial charge in [-0.05, 0) is 66.5 Å². The van der Waals surface area contributed by atoms with Gasteiger partial charge >= 0.3 is 0 Å². The lowest BCUT2D eigenvalue weighted by Gasteiger charge is -2.22. The molecule has 1 aliphatic rings. The molecule has 0 aliphatic carbocycles. The molecule has 1 fully saturated rings. The van der Waals surface area contributed by atoms with Gasteiger partial charge in [0, 0.05) is 19.8 Å². The highest BCUT2D eigenvalue weighted by molar-refractivity contribution is 9.11. The summed E-state index contributed by atoms with van der Waals surface area (Å²) in [5.74, 6) is 1.28. The summed E-state index contributed by atoms with van der Waals surface area (Å²) >= 11 is 21.0. The van der Waals surface area contributed by atoms with Crippen molar-refractivity contribution in [3.05, 3.63) is 36.5 Å². The molecule has 136 valence electrons. The van der Waals surface area contributed by atoms with Gasteiger partial charge in [-0.3, -0.25) is 0 Å². The van der Waals surface area contributed by atoms with Gasteiger partial charge in [0.2, 0.25) is 0 Å². The average molecular weight is 579 g/mol. The van der Waals surface area contributed by atoms with Crippen LogP contribution in [0.4, 0.5) is 5.82 Å². The predicted octanol–water partition coefficient (Wildman–Crippen LogP) is 5.39. The van der Waals surface area contributed by atoms with Crippen LogP contribution in [-0.4, -0.2) is 39.7 Å². The summed E-state index contributed by atoms with van der Waals surface area (Å²) in [4.78, 5) is 15.9. The third kappa shape index (κ3) is 7.60. The van der Waals surface area contributed by atoms with E-state index < -0.39 is 0 Å². The van der Waals surface area contributed by atoms with Crippen LogP contribution in [0.2, 0.25) is 10.3 Å². The normalized spacial score (nSPS) is 14.6. The van der Waals surface area contributed by atoms with Crippen molar-refractivity contribution in [2.75, 3.05) is 25.1 Å². The Bertz CT molecular complexity index is 704. The Kier molecular flexibility index (Phi) is 9.29. The van der Waals surface area contributed by atoms with Crippen molar-refractivity contribution in [2.45, 2.75) is 12.8 Å². The van der Waals surface area contributed by atoms with Crippen molar-refractivity contribution < 1.29 is 4.74 Å². The molecule has 0 amide bonds. The largest absolute Gasteiger partial charge is 0.381 e. The predicted molar refractivity (Wildman–Crippen MR) is 109 cm³/mol. The van der Waals surface area contributed by atoms with E-state index in [1.807, 2.05) is 0 Å². The van der Waals surface area contributed by atoms with Crippen LogP contribution in [0.5, 0.6) is 0 Å². The third-order valence-electron chi connectivity index (χ3n) is 3.26. The van der Waals surface area contributed by atoms with Crippen molar-refractivity contribution in [2.24, 2.45) is 5.92 Å². The first-order chi connectivity index (χ1) is 12.0. The zero-order valence-corrected chi connectivity index (χ0v) is 19.1. The zero-order chi connectivity index (χ0) is 18.2. The van der Waals surface area contributed by atoms with E-state index in [0.29, 0.717) is 35.9 Å². The van der Waals surface area contributed by atoms with Crippen molar-refractivity contribution in [1.82, 2.24) is 19.9 Å². The molecule has 3 rings (SSSR count). The van der Waals surface area contributed by atoms with E-state index in [2.05, 4.69) is 73.0 Å². The van der Waals surface area contributed by atoms with Crippen molar-refractivity contribution in [3.8, 4) is 0 Å². The second-order valence-corrected chi connectivity index (χ2v) is 8.14. The second kappa shape index (κ2) is 10.9. The molecule has 3 heterocycles. The Morgan fingerprint density at radius 2 is 1.64 bits per heavy atom. The molecule has 25 heavy (non-hydrogen) atoms. The molecule has 2 aromatic rings. The maximum Gasteiger partial charge on any atom is 0.172 e. The molecule has 0 spiro atoms. The van der Waals surface area contributed by atoms with Crippen LogP contribution in [0.1, 0.15) is 12.8 Å². The molecule has 0 unspecified atom stereocenters. The molecule has 0 radical (unpaired) electrons. The molecule has 6 nitrogen and oxygen atoms in total. The van der Waals surface area contributed by atoms with Gasteiger partial charge in [0.25, 0.3) is 0 Å². The van der Waals surface area contributed by atoms with Gasteiger partial charge in [0.05, 0.1) is 12.4 Å². The average Bonchev–Trinajstić information content (AvgIpc) is 2.59. The molecule has 0 saturated carbocycles. The fourth-order valence-electron chi connectivity index (χ4n) is 1.99. The molecule has 1 saturated heterocycles. The van der Waals surface area contributed by atoms with Crippen LogP contribution in [0.3, 0.4) is 0 Å². The lowest BCUT2D eigenvalue weighted by molar-refractivity contribution is 0.0699. The number of rotatable bonds is 3. The summed E-state index contributed by atoms with van der Waals surface area (Å²) in [6.07, 6.45) is 5.36. The number of hydrogen-bond acceptors (Lipinski definition) is 6. The van der Waals surface area contributed by atoms with Gasteiger partial charge in [-0.15, -0.1) is 0 Å². The van der Waals surface area contributed by atoms with E-state index in [0.717, 1.165) is 32.6 Å². The molecule has 1 aliphatic heterocycles. The van der Waals surface area contributed by atoms with Gasteiger partial charge in [0.1, 0.15) is 13.8 Å². The SMILES string of the molecule is Clc1nc(Br)cnc1NCC1CCOCC1.Clc1ncc(Br)nc1Br. The Labute approximate surface area is 180 Å². The minimum Gasteiger partial charge on any atom is -0.381 e. The number of aromatic nitrogens is 4. The highest BCUT2D eigenvalue weighted by Crippen LogP contribution is 2.21. The highest BCUT2D eigenvalue weighted by atomic mass is 79.9. The Morgan fingerprint density at radius 1 is 1.00 bits per heavy atom. The summed E-state index contributed by atoms with van der Waals surface area (Å²) in [7, 11) is 0. The van der Waals surface area contributed by atoms with Crippen molar-refractivity contribution in [1.29, 1.82) is 0 Å². The van der Waals surface area contributed by atoms with Gasteiger partial charge in [-0.1, -0.05) is 23.2 Å². The first kappa shape index (κ1) is 21.2. The van der Waals surface area contributed by atoms with Crippen LogP contribution in [0, 0.1) is 5.92 Å². The van der Waals surface area contributed by atoms with Gasteiger partial charge in [0.15, 0.2) is 16.1 Å². The van der Waals surface area contributed by atoms with E-state index >= 15 is 0 Å². The molecule has 1 N–H and O–H groups in total. The fraction of sp³-hybridized carbons (Fsp3) is 0.429. The van der Waals surface area contributed by atoms with E-state index in [9.17, 15) is 0 Å². The van der Waals surface area contributed by atoms with E-state index in [1.165, 1.54) is 6.20 Å². The zero-order valence-electron chi connectivity index (χ0n) is 12.9. The molecular weight excluding hydrogens is 565 g/mol. The number of ether oxygens (including phenoxy) is 1. The topological polar surface area (TPSA) is 72.8 Å².